The molecule has 0 aromatic rings. The van der Waals surface area contributed by atoms with Gasteiger partial charge in [0.15, 0.2) is 0 Å². The zero-order valence-corrected chi connectivity index (χ0v) is 10.5. The van der Waals surface area contributed by atoms with Crippen LogP contribution in [0.25, 0.3) is 0 Å². The second-order valence-corrected chi connectivity index (χ2v) is 5.94. The lowest BCUT2D eigenvalue weighted by molar-refractivity contribution is 0.169. The van der Waals surface area contributed by atoms with Gasteiger partial charge in [0.1, 0.15) is 0 Å². The highest BCUT2D eigenvalue weighted by Gasteiger charge is 2.34. The molecule has 4 atom stereocenters. The van der Waals surface area contributed by atoms with Crippen LogP contribution < -0.4 is 5.32 Å². The maximum Gasteiger partial charge on any atom is -0.00208 e. The molecule has 0 saturated heterocycles. The summed E-state index contributed by atoms with van der Waals surface area (Å²) in [7, 11) is 2.11. The van der Waals surface area contributed by atoms with Gasteiger partial charge in [0.05, 0.1) is 0 Å². The fourth-order valence-corrected chi connectivity index (χ4v) is 4.07. The van der Waals surface area contributed by atoms with Crippen molar-refractivity contribution in [2.75, 3.05) is 13.6 Å². The molecular weight excluding hydrogens is 182 g/mol. The van der Waals surface area contributed by atoms with Gasteiger partial charge in [-0.1, -0.05) is 32.6 Å². The summed E-state index contributed by atoms with van der Waals surface area (Å²) in [6.45, 7) is 3.71. The third-order valence-electron chi connectivity index (χ3n) is 4.77. The quantitative estimate of drug-likeness (QED) is 0.750. The average molecular weight is 209 g/mol. The van der Waals surface area contributed by atoms with Crippen molar-refractivity contribution in [3.63, 3.8) is 0 Å². The summed E-state index contributed by atoms with van der Waals surface area (Å²) in [4.78, 5) is 0. The highest BCUT2D eigenvalue weighted by atomic mass is 14.8. The van der Waals surface area contributed by atoms with Crippen molar-refractivity contribution < 1.29 is 0 Å². The highest BCUT2D eigenvalue weighted by molar-refractivity contribution is 4.86. The first-order valence-corrected chi connectivity index (χ1v) is 6.96. The lowest BCUT2D eigenvalue weighted by Gasteiger charge is -2.34. The highest BCUT2D eigenvalue weighted by Crippen LogP contribution is 2.43. The number of nitrogens with one attached hydrogen (secondary N) is 1. The normalized spacial score (nSPS) is 42.0. The van der Waals surface area contributed by atoms with Crippen molar-refractivity contribution in [2.24, 2.45) is 23.7 Å². The summed E-state index contributed by atoms with van der Waals surface area (Å²) < 4.78 is 0. The van der Waals surface area contributed by atoms with Crippen LogP contribution in [0.3, 0.4) is 0 Å². The molecule has 2 rings (SSSR count). The molecule has 0 aromatic carbocycles. The van der Waals surface area contributed by atoms with E-state index in [2.05, 4.69) is 19.3 Å². The van der Waals surface area contributed by atoms with Crippen LogP contribution in [-0.2, 0) is 0 Å². The standard InChI is InChI=1S/C14H27N/c1-11-5-3-6-12(9-11)14-8-4-7-13(14)10-15-2/h11-15H,3-10H2,1-2H3. The maximum absolute atomic E-state index is 3.39. The second kappa shape index (κ2) is 5.34. The van der Waals surface area contributed by atoms with E-state index >= 15 is 0 Å². The van der Waals surface area contributed by atoms with Gasteiger partial charge >= 0.3 is 0 Å². The third kappa shape index (κ3) is 2.75. The Balaban J connectivity index is 1.90. The molecule has 1 nitrogen and oxygen atoms in total. The van der Waals surface area contributed by atoms with Crippen LogP contribution in [-0.4, -0.2) is 13.6 Å². The summed E-state index contributed by atoms with van der Waals surface area (Å²) in [6.07, 6.45) is 10.5. The molecule has 0 radical (unpaired) electrons. The largest absolute Gasteiger partial charge is 0.319 e. The van der Waals surface area contributed by atoms with Crippen LogP contribution in [0.4, 0.5) is 0 Å². The van der Waals surface area contributed by atoms with Crippen LogP contribution in [0.5, 0.6) is 0 Å². The number of hydrogen-bond acceptors (Lipinski definition) is 1. The van der Waals surface area contributed by atoms with Crippen molar-refractivity contribution >= 4 is 0 Å². The summed E-state index contributed by atoms with van der Waals surface area (Å²) in [6, 6.07) is 0. The van der Waals surface area contributed by atoms with Crippen molar-refractivity contribution in [1.29, 1.82) is 0 Å². The molecule has 0 spiro atoms. The minimum Gasteiger partial charge on any atom is -0.319 e. The maximum atomic E-state index is 3.39. The Morgan fingerprint density at radius 2 is 1.87 bits per heavy atom. The number of rotatable bonds is 3. The summed E-state index contributed by atoms with van der Waals surface area (Å²) in [5, 5.41) is 3.39. The fraction of sp³-hybridized carbons (Fsp3) is 1.00. The Labute approximate surface area is 95.0 Å². The molecule has 0 aliphatic heterocycles. The van der Waals surface area contributed by atoms with Crippen LogP contribution >= 0.6 is 0 Å². The number of hydrogen-bond donors (Lipinski definition) is 1. The Morgan fingerprint density at radius 3 is 2.60 bits per heavy atom. The van der Waals surface area contributed by atoms with E-state index < -0.39 is 0 Å². The topological polar surface area (TPSA) is 12.0 Å². The molecule has 0 bridgehead atoms. The molecule has 2 fully saturated rings. The molecule has 0 heterocycles. The van der Waals surface area contributed by atoms with Gasteiger partial charge in [-0.05, 0) is 56.5 Å². The van der Waals surface area contributed by atoms with Gasteiger partial charge in [0.2, 0.25) is 0 Å². The first-order chi connectivity index (χ1) is 7.31. The predicted octanol–water partition coefficient (Wildman–Crippen LogP) is 3.45. The van der Waals surface area contributed by atoms with E-state index in [1.807, 2.05) is 0 Å². The Hall–Kier alpha value is -0.0400. The Kier molecular flexibility index (Phi) is 4.07. The molecule has 1 heteroatoms. The summed E-state index contributed by atoms with van der Waals surface area (Å²) in [5.74, 6) is 4.11. The van der Waals surface area contributed by atoms with Crippen molar-refractivity contribution in [3.8, 4) is 0 Å². The Morgan fingerprint density at radius 1 is 1.07 bits per heavy atom. The molecule has 15 heavy (non-hydrogen) atoms. The minimum atomic E-state index is 0.991. The van der Waals surface area contributed by atoms with E-state index in [9.17, 15) is 0 Å². The lowest BCUT2D eigenvalue weighted by atomic mass is 9.72. The first kappa shape index (κ1) is 11.4. The minimum absolute atomic E-state index is 0.991. The SMILES string of the molecule is CNCC1CCCC1C1CCCC(C)C1. The van der Waals surface area contributed by atoms with E-state index in [1.165, 1.54) is 51.5 Å². The van der Waals surface area contributed by atoms with Gasteiger partial charge < -0.3 is 5.32 Å². The summed E-state index contributed by atoms with van der Waals surface area (Å²) in [5.41, 5.74) is 0. The zero-order valence-electron chi connectivity index (χ0n) is 10.5. The van der Waals surface area contributed by atoms with Gasteiger partial charge in [0.25, 0.3) is 0 Å². The average Bonchev–Trinajstić information content (AvgIpc) is 2.66. The molecule has 2 aliphatic rings. The van der Waals surface area contributed by atoms with Crippen molar-refractivity contribution in [1.82, 2.24) is 5.32 Å². The summed E-state index contributed by atoms with van der Waals surface area (Å²) >= 11 is 0. The van der Waals surface area contributed by atoms with Gasteiger partial charge in [-0.2, -0.15) is 0 Å². The Bertz CT molecular complexity index is 190. The van der Waals surface area contributed by atoms with Gasteiger partial charge in [-0.15, -0.1) is 0 Å². The van der Waals surface area contributed by atoms with Crippen LogP contribution in [0.15, 0.2) is 0 Å². The smallest absolute Gasteiger partial charge is 0.00208 e. The molecule has 0 aromatic heterocycles. The molecule has 0 amide bonds. The fourth-order valence-electron chi connectivity index (χ4n) is 4.07. The monoisotopic (exact) mass is 209 g/mol. The van der Waals surface area contributed by atoms with Gasteiger partial charge in [-0.25, -0.2) is 0 Å². The van der Waals surface area contributed by atoms with Crippen molar-refractivity contribution in [3.05, 3.63) is 0 Å². The van der Waals surface area contributed by atoms with E-state index in [1.54, 1.807) is 0 Å². The molecule has 2 saturated carbocycles. The van der Waals surface area contributed by atoms with E-state index in [-0.39, 0.29) is 0 Å². The molecule has 2 aliphatic carbocycles. The van der Waals surface area contributed by atoms with Crippen LogP contribution in [0, 0.1) is 23.7 Å². The third-order valence-corrected chi connectivity index (χ3v) is 4.77. The zero-order chi connectivity index (χ0) is 10.7. The van der Waals surface area contributed by atoms with Gasteiger partial charge in [-0.3, -0.25) is 0 Å². The van der Waals surface area contributed by atoms with Gasteiger partial charge in [0, 0.05) is 0 Å². The first-order valence-electron chi connectivity index (χ1n) is 6.96. The van der Waals surface area contributed by atoms with Crippen LogP contribution in [0.1, 0.15) is 51.9 Å². The predicted molar refractivity (Wildman–Crippen MR) is 65.9 cm³/mol. The molecule has 88 valence electrons. The van der Waals surface area contributed by atoms with Crippen molar-refractivity contribution in [2.45, 2.75) is 51.9 Å². The van der Waals surface area contributed by atoms with E-state index in [0.717, 1.165) is 23.7 Å². The second-order valence-electron chi connectivity index (χ2n) is 5.94. The lowest BCUT2D eigenvalue weighted by Crippen LogP contribution is -2.29. The van der Waals surface area contributed by atoms with E-state index in [0.29, 0.717) is 0 Å². The molecule has 4 unspecified atom stereocenters. The molecular formula is C14H27N. The van der Waals surface area contributed by atoms with E-state index in [4.69, 9.17) is 0 Å². The molecule has 1 N–H and O–H groups in total. The van der Waals surface area contributed by atoms with Crippen LogP contribution in [0.2, 0.25) is 0 Å².